The summed E-state index contributed by atoms with van der Waals surface area (Å²) < 4.78 is 10.6. The molecule has 1 N–H and O–H groups in total. The lowest BCUT2D eigenvalue weighted by atomic mass is 9.88. The number of ketones is 1. The Bertz CT molecular complexity index is 1260. The zero-order valence-corrected chi connectivity index (χ0v) is 18.2. The lowest BCUT2D eigenvalue weighted by Crippen LogP contribution is -2.41. The van der Waals surface area contributed by atoms with Gasteiger partial charge in [0.1, 0.15) is 0 Å². The molecule has 2 heterocycles. The minimum atomic E-state index is -2.06. The minimum Gasteiger partial charge on any atom is -0.454 e. The first-order valence-electron chi connectivity index (χ1n) is 9.87. The van der Waals surface area contributed by atoms with Crippen molar-refractivity contribution in [1.29, 1.82) is 0 Å². The van der Waals surface area contributed by atoms with Gasteiger partial charge in [-0.1, -0.05) is 41.4 Å². The summed E-state index contributed by atoms with van der Waals surface area (Å²) in [6.45, 7) is 0.228. The van der Waals surface area contributed by atoms with E-state index in [0.29, 0.717) is 32.8 Å². The van der Waals surface area contributed by atoms with E-state index in [1.54, 1.807) is 48.5 Å². The van der Waals surface area contributed by atoms with Gasteiger partial charge in [-0.25, -0.2) is 0 Å². The number of carbonyl (C=O) groups is 2. The van der Waals surface area contributed by atoms with Crippen molar-refractivity contribution in [2.24, 2.45) is 0 Å². The molecule has 1 amide bonds. The molecule has 8 heteroatoms. The van der Waals surface area contributed by atoms with E-state index in [0.717, 1.165) is 5.56 Å². The van der Waals surface area contributed by atoms with Gasteiger partial charge >= 0.3 is 0 Å². The van der Waals surface area contributed by atoms with E-state index in [1.807, 2.05) is 6.07 Å². The molecule has 32 heavy (non-hydrogen) atoms. The number of benzene rings is 3. The van der Waals surface area contributed by atoms with E-state index in [2.05, 4.69) is 0 Å². The highest BCUT2D eigenvalue weighted by molar-refractivity contribution is 6.31. The van der Waals surface area contributed by atoms with Crippen LogP contribution in [0.3, 0.4) is 0 Å². The van der Waals surface area contributed by atoms with Crippen LogP contribution in [0.4, 0.5) is 5.69 Å². The van der Waals surface area contributed by atoms with Crippen LogP contribution in [-0.4, -0.2) is 23.6 Å². The van der Waals surface area contributed by atoms with Crippen molar-refractivity contribution in [2.45, 2.75) is 18.6 Å². The number of amides is 1. The van der Waals surface area contributed by atoms with Crippen LogP contribution in [0.15, 0.2) is 60.7 Å². The second kappa shape index (κ2) is 7.81. The highest BCUT2D eigenvalue weighted by Crippen LogP contribution is 2.45. The molecule has 2 aliphatic rings. The van der Waals surface area contributed by atoms with Crippen LogP contribution in [0.1, 0.15) is 27.9 Å². The summed E-state index contributed by atoms with van der Waals surface area (Å²) >= 11 is 12.5. The Morgan fingerprint density at radius 1 is 1.03 bits per heavy atom. The molecule has 0 radical (unpaired) electrons. The Kier molecular flexibility index (Phi) is 5.08. The molecule has 0 aromatic heterocycles. The predicted molar refractivity (Wildman–Crippen MR) is 120 cm³/mol. The van der Waals surface area contributed by atoms with E-state index in [-0.39, 0.29) is 18.9 Å². The van der Waals surface area contributed by atoms with Crippen molar-refractivity contribution in [3.05, 3.63) is 87.4 Å². The molecule has 3 aromatic rings. The number of rotatable bonds is 5. The topological polar surface area (TPSA) is 76.1 Å². The average Bonchev–Trinajstić information content (AvgIpc) is 3.32. The molecule has 3 aromatic carbocycles. The number of nitrogens with zero attached hydrogens (tertiary/aromatic N) is 1. The Hall–Kier alpha value is -3.06. The Balaban J connectivity index is 1.50. The van der Waals surface area contributed by atoms with Crippen LogP contribution in [0.2, 0.25) is 10.0 Å². The van der Waals surface area contributed by atoms with Gasteiger partial charge in [0.15, 0.2) is 22.9 Å². The molecule has 0 saturated carbocycles. The van der Waals surface area contributed by atoms with Gasteiger partial charge in [0, 0.05) is 21.2 Å². The van der Waals surface area contributed by atoms with Gasteiger partial charge in [-0.2, -0.15) is 0 Å². The first-order chi connectivity index (χ1) is 15.4. The number of ether oxygens (including phenoxy) is 2. The number of aliphatic hydroxyl groups is 1. The summed E-state index contributed by atoms with van der Waals surface area (Å²) in [4.78, 5) is 28.0. The Morgan fingerprint density at radius 3 is 2.62 bits per heavy atom. The standard InChI is InChI=1S/C24H17Cl2NO5/c25-16-6-7-19-17(10-16)24(30,23(29)27(19)12-15-3-1-2-4-18(15)26)11-20(28)14-5-8-21-22(9-14)32-13-31-21/h1-10,30H,11-13H2. The van der Waals surface area contributed by atoms with Gasteiger partial charge in [0.25, 0.3) is 5.91 Å². The quantitative estimate of drug-likeness (QED) is 0.546. The number of hydrogen-bond donors (Lipinski definition) is 1. The lowest BCUT2D eigenvalue weighted by molar-refractivity contribution is -0.136. The number of hydrogen-bond acceptors (Lipinski definition) is 5. The molecule has 2 aliphatic heterocycles. The van der Waals surface area contributed by atoms with E-state index in [9.17, 15) is 14.7 Å². The number of anilines is 1. The van der Waals surface area contributed by atoms with Gasteiger partial charge in [0.05, 0.1) is 18.7 Å². The van der Waals surface area contributed by atoms with E-state index < -0.39 is 23.7 Å². The van der Waals surface area contributed by atoms with Crippen molar-refractivity contribution in [2.75, 3.05) is 11.7 Å². The van der Waals surface area contributed by atoms with Gasteiger partial charge in [-0.05, 0) is 48.0 Å². The third kappa shape index (κ3) is 3.41. The number of halogens is 2. The zero-order valence-electron chi connectivity index (χ0n) is 16.7. The van der Waals surface area contributed by atoms with Crippen LogP contribution in [0.5, 0.6) is 11.5 Å². The third-order valence-corrected chi connectivity index (χ3v) is 6.29. The SMILES string of the molecule is O=C(CC1(O)C(=O)N(Cc2ccccc2Cl)c2ccc(Cl)cc21)c1ccc2c(c1)OCO2. The Labute approximate surface area is 193 Å². The van der Waals surface area contributed by atoms with Gasteiger partial charge < -0.3 is 19.5 Å². The van der Waals surface area contributed by atoms with Crippen LogP contribution in [0, 0.1) is 0 Å². The highest BCUT2D eigenvalue weighted by atomic mass is 35.5. The fraction of sp³-hybridized carbons (Fsp3) is 0.167. The zero-order chi connectivity index (χ0) is 22.5. The van der Waals surface area contributed by atoms with Gasteiger partial charge in [-0.15, -0.1) is 0 Å². The normalized spacial score (nSPS) is 18.7. The summed E-state index contributed by atoms with van der Waals surface area (Å²) in [5, 5.41) is 12.4. The third-order valence-electron chi connectivity index (χ3n) is 5.69. The van der Waals surface area contributed by atoms with E-state index in [1.165, 1.54) is 11.0 Å². The molecule has 162 valence electrons. The molecule has 5 rings (SSSR count). The molecule has 0 bridgehead atoms. The summed E-state index contributed by atoms with van der Waals surface area (Å²) in [5.41, 5.74) is -0.260. The highest BCUT2D eigenvalue weighted by Gasteiger charge is 2.51. The van der Waals surface area contributed by atoms with Crippen molar-refractivity contribution in [1.82, 2.24) is 0 Å². The first-order valence-corrected chi connectivity index (χ1v) is 10.6. The predicted octanol–water partition coefficient (Wildman–Crippen LogP) is 4.73. The molecule has 0 fully saturated rings. The monoisotopic (exact) mass is 469 g/mol. The summed E-state index contributed by atoms with van der Waals surface area (Å²) in [7, 11) is 0. The molecule has 1 unspecified atom stereocenters. The maximum absolute atomic E-state index is 13.5. The van der Waals surface area contributed by atoms with Crippen molar-refractivity contribution >= 4 is 40.6 Å². The molecular formula is C24H17Cl2NO5. The molecule has 0 aliphatic carbocycles. The molecular weight excluding hydrogens is 453 g/mol. The van der Waals surface area contributed by atoms with Crippen molar-refractivity contribution in [3.8, 4) is 11.5 Å². The molecule has 1 atom stereocenters. The number of Topliss-reactive ketones (excluding diaryl/α,β-unsaturated/α-hetero) is 1. The van der Waals surface area contributed by atoms with Crippen LogP contribution in [0.25, 0.3) is 0 Å². The maximum Gasteiger partial charge on any atom is 0.264 e. The van der Waals surface area contributed by atoms with Gasteiger partial charge in [-0.3, -0.25) is 9.59 Å². The van der Waals surface area contributed by atoms with Crippen LogP contribution < -0.4 is 14.4 Å². The van der Waals surface area contributed by atoms with E-state index in [4.69, 9.17) is 32.7 Å². The summed E-state index contributed by atoms with van der Waals surface area (Å²) in [5.74, 6) is -0.0296. The van der Waals surface area contributed by atoms with Gasteiger partial charge in [0.2, 0.25) is 6.79 Å². The minimum absolute atomic E-state index is 0.0816. The second-order valence-corrected chi connectivity index (χ2v) is 8.52. The molecule has 0 spiro atoms. The van der Waals surface area contributed by atoms with Crippen molar-refractivity contribution < 1.29 is 24.2 Å². The average molecular weight is 470 g/mol. The maximum atomic E-state index is 13.5. The summed E-state index contributed by atoms with van der Waals surface area (Å²) in [6.07, 6.45) is -0.447. The fourth-order valence-electron chi connectivity index (χ4n) is 4.05. The lowest BCUT2D eigenvalue weighted by Gasteiger charge is -2.23. The van der Waals surface area contributed by atoms with Crippen LogP contribution in [-0.2, 0) is 16.9 Å². The first kappa shape index (κ1) is 20.8. The largest absolute Gasteiger partial charge is 0.454 e. The fourth-order valence-corrected chi connectivity index (χ4v) is 4.42. The smallest absolute Gasteiger partial charge is 0.264 e. The van der Waals surface area contributed by atoms with Crippen LogP contribution >= 0.6 is 23.2 Å². The number of carbonyl (C=O) groups excluding carboxylic acids is 2. The number of fused-ring (bicyclic) bond motifs is 2. The molecule has 6 nitrogen and oxygen atoms in total. The van der Waals surface area contributed by atoms with E-state index >= 15 is 0 Å². The molecule has 0 saturated heterocycles. The van der Waals surface area contributed by atoms with Crippen molar-refractivity contribution in [3.63, 3.8) is 0 Å². The summed E-state index contributed by atoms with van der Waals surface area (Å²) in [6, 6.07) is 16.7. The Morgan fingerprint density at radius 2 is 1.81 bits per heavy atom. The second-order valence-electron chi connectivity index (χ2n) is 7.67.